The van der Waals surface area contributed by atoms with Gasteiger partial charge >= 0.3 is 0 Å². The lowest BCUT2D eigenvalue weighted by Crippen LogP contribution is -2.49. The van der Waals surface area contributed by atoms with Crippen molar-refractivity contribution in [2.45, 2.75) is 12.0 Å². The number of nitrogens with zero attached hydrogens (tertiary/aromatic N) is 3. The monoisotopic (exact) mass is 407 g/mol. The number of aliphatic hydroxyl groups excluding tert-OH is 1. The fraction of sp³-hybridized carbons (Fsp3) is 0.111. The lowest BCUT2D eigenvalue weighted by Gasteiger charge is -2.39. The Morgan fingerprint density at radius 1 is 1.26 bits per heavy atom. The second-order valence-corrected chi connectivity index (χ2v) is 7.23. The molecule has 0 saturated carbocycles. The van der Waals surface area contributed by atoms with Crippen molar-refractivity contribution in [1.29, 1.82) is 0 Å². The molecule has 9 heteroatoms. The minimum absolute atomic E-state index is 0.194. The maximum Gasteiger partial charge on any atom is 0.266 e. The number of rotatable bonds is 3. The zero-order chi connectivity index (χ0) is 19.1. The maximum absolute atomic E-state index is 14.3. The number of hydrogen-bond acceptors (Lipinski definition) is 5. The predicted molar refractivity (Wildman–Crippen MR) is 98.1 cm³/mol. The number of carbonyl (C=O) groups excluding carboxylic acids is 1. The summed E-state index contributed by atoms with van der Waals surface area (Å²) in [6.07, 6.45) is 3.10. The molecular weight excluding hydrogens is 396 g/mol. The molecule has 1 N–H and O–H groups in total. The van der Waals surface area contributed by atoms with Crippen LogP contribution in [-0.2, 0) is 11.3 Å². The molecule has 1 aromatic heterocycles. The van der Waals surface area contributed by atoms with Gasteiger partial charge in [-0.25, -0.2) is 13.8 Å². The van der Waals surface area contributed by atoms with Crippen LogP contribution in [0.25, 0.3) is 5.57 Å². The van der Waals surface area contributed by atoms with Gasteiger partial charge in [0.15, 0.2) is 17.1 Å². The first-order chi connectivity index (χ1) is 13.0. The SMILES string of the molecule is O=C1C(c2cccc(F)c2F)=C(O)N(Cc2ccc(Cl)nc2)C2SC=CN12. The van der Waals surface area contributed by atoms with E-state index < -0.39 is 28.9 Å². The van der Waals surface area contributed by atoms with E-state index in [1.807, 2.05) is 0 Å². The summed E-state index contributed by atoms with van der Waals surface area (Å²) in [5, 5.41) is 12.8. The largest absolute Gasteiger partial charge is 0.494 e. The number of aromatic nitrogens is 1. The van der Waals surface area contributed by atoms with Crippen molar-refractivity contribution in [3.63, 3.8) is 0 Å². The van der Waals surface area contributed by atoms with Gasteiger partial charge in [0.1, 0.15) is 10.7 Å². The van der Waals surface area contributed by atoms with E-state index in [-0.39, 0.29) is 17.7 Å². The molecule has 0 radical (unpaired) electrons. The smallest absolute Gasteiger partial charge is 0.266 e. The summed E-state index contributed by atoms with van der Waals surface area (Å²) in [6, 6.07) is 6.85. The van der Waals surface area contributed by atoms with Gasteiger partial charge in [-0.1, -0.05) is 41.6 Å². The Balaban J connectivity index is 1.81. The number of thioether (sulfide) groups is 1. The highest BCUT2D eigenvalue weighted by molar-refractivity contribution is 8.02. The molecule has 0 saturated heterocycles. The van der Waals surface area contributed by atoms with Crippen LogP contribution in [0.2, 0.25) is 5.15 Å². The molecule has 0 fully saturated rings. The van der Waals surface area contributed by atoms with Crippen LogP contribution in [0.15, 0.2) is 54.0 Å². The van der Waals surface area contributed by atoms with Crippen LogP contribution < -0.4 is 0 Å². The summed E-state index contributed by atoms with van der Waals surface area (Å²) < 4.78 is 28.0. The number of amides is 1. The van der Waals surface area contributed by atoms with Crippen molar-refractivity contribution in [3.8, 4) is 0 Å². The third kappa shape index (κ3) is 3.04. The normalized spacial score (nSPS) is 19.1. The van der Waals surface area contributed by atoms with Gasteiger partial charge < -0.3 is 10.0 Å². The van der Waals surface area contributed by atoms with Crippen molar-refractivity contribution in [2.24, 2.45) is 0 Å². The summed E-state index contributed by atoms with van der Waals surface area (Å²) in [7, 11) is 0. The van der Waals surface area contributed by atoms with E-state index >= 15 is 0 Å². The molecule has 1 atom stereocenters. The second-order valence-electron chi connectivity index (χ2n) is 5.88. The number of halogens is 3. The van der Waals surface area contributed by atoms with E-state index in [9.17, 15) is 18.7 Å². The Bertz CT molecular complexity index is 981. The molecule has 138 valence electrons. The Morgan fingerprint density at radius 2 is 2.07 bits per heavy atom. The molecule has 0 bridgehead atoms. The van der Waals surface area contributed by atoms with Gasteiger partial charge in [-0.2, -0.15) is 0 Å². The Morgan fingerprint density at radius 3 is 2.81 bits per heavy atom. The number of aliphatic hydroxyl groups is 1. The minimum Gasteiger partial charge on any atom is -0.494 e. The summed E-state index contributed by atoms with van der Waals surface area (Å²) >= 11 is 7.11. The Labute approximate surface area is 162 Å². The molecule has 2 aliphatic heterocycles. The molecule has 1 amide bonds. The second kappa shape index (κ2) is 6.86. The fourth-order valence-corrected chi connectivity index (χ4v) is 4.03. The van der Waals surface area contributed by atoms with Crippen LogP contribution in [-0.4, -0.2) is 31.3 Å². The standard InChI is InChI=1S/C18H12ClF2N3O2S/c19-13-5-4-10(8-22-13)9-24-17(26)14(11-2-1-3-12(20)15(11)21)16(25)23-6-7-27-18(23)24/h1-8,18,26H,9H2. The molecule has 27 heavy (non-hydrogen) atoms. The highest BCUT2D eigenvalue weighted by Crippen LogP contribution is 2.40. The number of pyridine rings is 1. The third-order valence-corrected chi connectivity index (χ3v) is 5.46. The highest BCUT2D eigenvalue weighted by atomic mass is 35.5. The average molecular weight is 408 g/mol. The van der Waals surface area contributed by atoms with E-state index in [1.54, 1.807) is 29.9 Å². The Hall–Kier alpha value is -2.58. The molecule has 0 spiro atoms. The first-order valence-corrected chi connectivity index (χ1v) is 9.19. The number of hydrogen-bond donors (Lipinski definition) is 1. The van der Waals surface area contributed by atoms with E-state index in [4.69, 9.17) is 11.6 Å². The summed E-state index contributed by atoms with van der Waals surface area (Å²) in [6.45, 7) is 0.194. The molecule has 2 aliphatic rings. The van der Waals surface area contributed by atoms with Gasteiger partial charge in [-0.3, -0.25) is 9.69 Å². The topological polar surface area (TPSA) is 56.7 Å². The molecule has 1 unspecified atom stereocenters. The van der Waals surface area contributed by atoms with Crippen molar-refractivity contribution in [2.75, 3.05) is 0 Å². The number of fused-ring (bicyclic) bond motifs is 1. The van der Waals surface area contributed by atoms with Crippen molar-refractivity contribution < 1.29 is 18.7 Å². The lowest BCUT2D eigenvalue weighted by molar-refractivity contribution is -0.127. The van der Waals surface area contributed by atoms with E-state index in [2.05, 4.69) is 4.98 Å². The van der Waals surface area contributed by atoms with E-state index in [0.29, 0.717) is 5.15 Å². The van der Waals surface area contributed by atoms with Crippen LogP contribution in [0.5, 0.6) is 0 Å². The molecule has 3 heterocycles. The van der Waals surface area contributed by atoms with Crippen LogP contribution in [0.4, 0.5) is 8.78 Å². The van der Waals surface area contributed by atoms with Gasteiger partial charge in [0, 0.05) is 18.0 Å². The number of benzene rings is 1. The van der Waals surface area contributed by atoms with Crippen LogP contribution in [0, 0.1) is 11.6 Å². The molecule has 4 rings (SSSR count). The van der Waals surface area contributed by atoms with E-state index in [1.165, 1.54) is 33.7 Å². The van der Waals surface area contributed by atoms with Crippen LogP contribution in [0.3, 0.4) is 0 Å². The summed E-state index contributed by atoms with van der Waals surface area (Å²) in [5.41, 5.74) is -0.391. The zero-order valence-corrected chi connectivity index (χ0v) is 15.2. The number of carbonyl (C=O) groups is 1. The quantitative estimate of drug-likeness (QED) is 0.777. The van der Waals surface area contributed by atoms with Gasteiger partial charge in [0.25, 0.3) is 5.91 Å². The maximum atomic E-state index is 14.3. The predicted octanol–water partition coefficient (Wildman–Crippen LogP) is 4.09. The molecular formula is C18H12ClF2N3O2S. The average Bonchev–Trinajstić information content (AvgIpc) is 3.14. The molecule has 5 nitrogen and oxygen atoms in total. The van der Waals surface area contributed by atoms with Gasteiger partial charge in [-0.15, -0.1) is 0 Å². The molecule has 2 aromatic rings. The minimum atomic E-state index is -1.19. The van der Waals surface area contributed by atoms with Crippen molar-refractivity contribution >= 4 is 34.8 Å². The third-order valence-electron chi connectivity index (χ3n) is 4.23. The fourth-order valence-electron chi connectivity index (χ4n) is 2.96. The van der Waals surface area contributed by atoms with Crippen LogP contribution in [0.1, 0.15) is 11.1 Å². The highest BCUT2D eigenvalue weighted by Gasteiger charge is 2.42. The first kappa shape index (κ1) is 17.8. The lowest BCUT2D eigenvalue weighted by atomic mass is 10.0. The van der Waals surface area contributed by atoms with E-state index in [0.717, 1.165) is 11.6 Å². The zero-order valence-electron chi connectivity index (χ0n) is 13.6. The summed E-state index contributed by atoms with van der Waals surface area (Å²) in [4.78, 5) is 19.7. The molecule has 0 aliphatic carbocycles. The van der Waals surface area contributed by atoms with Gasteiger partial charge in [-0.05, 0) is 23.1 Å². The summed E-state index contributed by atoms with van der Waals surface area (Å²) in [5.74, 6) is -3.30. The van der Waals surface area contributed by atoms with Crippen molar-refractivity contribution in [1.82, 2.24) is 14.8 Å². The Kier molecular flexibility index (Phi) is 4.53. The van der Waals surface area contributed by atoms with Crippen molar-refractivity contribution in [3.05, 3.63) is 81.9 Å². The molecule has 1 aromatic carbocycles. The van der Waals surface area contributed by atoms with Gasteiger partial charge in [0.2, 0.25) is 5.88 Å². The first-order valence-electron chi connectivity index (χ1n) is 7.87. The van der Waals surface area contributed by atoms with Crippen LogP contribution >= 0.6 is 23.4 Å². The van der Waals surface area contributed by atoms with Gasteiger partial charge in [0.05, 0.1) is 6.54 Å².